The molecular weight excluding hydrogens is 278 g/mol. The van der Waals surface area contributed by atoms with Crippen molar-refractivity contribution in [2.24, 2.45) is 0 Å². The third kappa shape index (κ3) is 3.74. The van der Waals surface area contributed by atoms with Crippen molar-refractivity contribution in [2.75, 3.05) is 57.3 Å². The minimum atomic E-state index is -0.539. The maximum atomic E-state index is 10.9. The average molecular weight is 305 g/mol. The van der Waals surface area contributed by atoms with Gasteiger partial charge in [0.25, 0.3) is 0 Å². The van der Waals surface area contributed by atoms with Gasteiger partial charge in [-0.2, -0.15) is 0 Å². The van der Waals surface area contributed by atoms with Crippen LogP contribution in [0.5, 0.6) is 0 Å². The molecule has 2 saturated heterocycles. The van der Waals surface area contributed by atoms with Gasteiger partial charge >= 0.3 is 0 Å². The van der Waals surface area contributed by atoms with Crippen LogP contribution >= 0.6 is 0 Å². The summed E-state index contributed by atoms with van der Waals surface area (Å²) in [7, 11) is 0. The molecule has 6 heteroatoms. The maximum absolute atomic E-state index is 10.9. The van der Waals surface area contributed by atoms with Gasteiger partial charge in [0.2, 0.25) is 0 Å². The summed E-state index contributed by atoms with van der Waals surface area (Å²) in [6.07, 6.45) is 7.30. The van der Waals surface area contributed by atoms with Crippen molar-refractivity contribution in [2.45, 2.75) is 25.4 Å². The summed E-state index contributed by atoms with van der Waals surface area (Å²) < 4.78 is 0. The molecule has 0 radical (unpaired) electrons. The van der Waals surface area contributed by atoms with E-state index in [1.54, 1.807) is 12.4 Å². The second-order valence-electron chi connectivity index (χ2n) is 6.52. The van der Waals surface area contributed by atoms with Gasteiger partial charge in [0, 0.05) is 51.7 Å². The SMILES string of the molecule is CCN1CCCC(O)(CN2CCN(c3cnccn3)CC2)C1. The Bertz CT molecular complexity index is 463. The summed E-state index contributed by atoms with van der Waals surface area (Å²) in [5, 5.41) is 10.9. The molecule has 0 bridgehead atoms. The van der Waals surface area contributed by atoms with Crippen LogP contribution in [0, 0.1) is 0 Å². The topological polar surface area (TPSA) is 55.7 Å². The van der Waals surface area contributed by atoms with Gasteiger partial charge in [-0.15, -0.1) is 0 Å². The van der Waals surface area contributed by atoms with E-state index in [0.29, 0.717) is 0 Å². The monoisotopic (exact) mass is 305 g/mol. The Morgan fingerprint density at radius 2 is 1.95 bits per heavy atom. The Morgan fingerprint density at radius 1 is 1.14 bits per heavy atom. The minimum Gasteiger partial charge on any atom is -0.387 e. The molecule has 3 heterocycles. The lowest BCUT2D eigenvalue weighted by molar-refractivity contribution is -0.0527. The van der Waals surface area contributed by atoms with Gasteiger partial charge in [-0.05, 0) is 25.9 Å². The molecule has 0 aliphatic carbocycles. The normalized spacial score (nSPS) is 28.0. The van der Waals surface area contributed by atoms with E-state index in [-0.39, 0.29) is 0 Å². The smallest absolute Gasteiger partial charge is 0.147 e. The Morgan fingerprint density at radius 3 is 2.64 bits per heavy atom. The van der Waals surface area contributed by atoms with Crippen LogP contribution in [0.4, 0.5) is 5.82 Å². The fraction of sp³-hybridized carbons (Fsp3) is 0.750. The van der Waals surface area contributed by atoms with Gasteiger partial charge in [0.15, 0.2) is 0 Å². The van der Waals surface area contributed by atoms with Gasteiger partial charge < -0.3 is 14.9 Å². The molecule has 1 unspecified atom stereocenters. The minimum absolute atomic E-state index is 0.539. The zero-order valence-electron chi connectivity index (χ0n) is 13.5. The lowest BCUT2D eigenvalue weighted by Gasteiger charge is -2.43. The number of aromatic nitrogens is 2. The fourth-order valence-corrected chi connectivity index (χ4v) is 3.61. The van der Waals surface area contributed by atoms with Crippen LogP contribution in [0.2, 0.25) is 0 Å². The molecule has 1 aromatic heterocycles. The van der Waals surface area contributed by atoms with E-state index in [9.17, 15) is 5.11 Å². The standard InChI is InChI=1S/C16H27N5O/c1-2-19-7-3-4-16(22,13-19)14-20-8-10-21(11-9-20)15-12-17-5-6-18-15/h5-6,12,22H,2-4,7-11,13-14H2,1H3. The van der Waals surface area contributed by atoms with E-state index in [1.165, 1.54) is 0 Å². The van der Waals surface area contributed by atoms with Crippen LogP contribution in [0.15, 0.2) is 18.6 Å². The molecule has 22 heavy (non-hydrogen) atoms. The largest absolute Gasteiger partial charge is 0.387 e. The van der Waals surface area contributed by atoms with Crippen molar-refractivity contribution in [3.05, 3.63) is 18.6 Å². The lowest BCUT2D eigenvalue weighted by atomic mass is 9.92. The maximum Gasteiger partial charge on any atom is 0.147 e. The van der Waals surface area contributed by atoms with E-state index < -0.39 is 5.60 Å². The first kappa shape index (κ1) is 15.6. The van der Waals surface area contributed by atoms with Crippen molar-refractivity contribution < 1.29 is 5.11 Å². The zero-order valence-corrected chi connectivity index (χ0v) is 13.5. The van der Waals surface area contributed by atoms with Crippen molar-refractivity contribution >= 4 is 5.82 Å². The van der Waals surface area contributed by atoms with Crippen LogP contribution in [-0.4, -0.2) is 82.8 Å². The number of likely N-dealkylation sites (N-methyl/N-ethyl adjacent to an activating group) is 1. The number of likely N-dealkylation sites (tertiary alicyclic amines) is 1. The van der Waals surface area contributed by atoms with E-state index in [0.717, 1.165) is 71.0 Å². The Hall–Kier alpha value is -1.24. The zero-order chi connectivity index (χ0) is 15.4. The molecular formula is C16H27N5O. The van der Waals surface area contributed by atoms with Crippen molar-refractivity contribution in [3.8, 4) is 0 Å². The summed E-state index contributed by atoms with van der Waals surface area (Å²) in [4.78, 5) is 15.5. The van der Waals surface area contributed by atoms with Gasteiger partial charge in [0.05, 0.1) is 11.8 Å². The molecule has 1 N–H and O–H groups in total. The van der Waals surface area contributed by atoms with E-state index >= 15 is 0 Å². The highest BCUT2D eigenvalue weighted by Crippen LogP contribution is 2.23. The van der Waals surface area contributed by atoms with E-state index in [2.05, 4.69) is 31.6 Å². The van der Waals surface area contributed by atoms with Crippen LogP contribution in [0.25, 0.3) is 0 Å². The van der Waals surface area contributed by atoms with Crippen LogP contribution in [0.1, 0.15) is 19.8 Å². The van der Waals surface area contributed by atoms with Gasteiger partial charge in [-0.3, -0.25) is 9.88 Å². The molecule has 0 aromatic carbocycles. The van der Waals surface area contributed by atoms with Crippen molar-refractivity contribution in [1.82, 2.24) is 19.8 Å². The summed E-state index contributed by atoms with van der Waals surface area (Å²) >= 11 is 0. The quantitative estimate of drug-likeness (QED) is 0.871. The van der Waals surface area contributed by atoms with E-state index in [1.807, 2.05) is 6.20 Å². The Labute approximate surface area is 132 Å². The van der Waals surface area contributed by atoms with Gasteiger partial charge in [-0.1, -0.05) is 6.92 Å². The summed E-state index contributed by atoms with van der Waals surface area (Å²) in [6, 6.07) is 0. The molecule has 2 aliphatic rings. The highest BCUT2D eigenvalue weighted by atomic mass is 16.3. The summed E-state index contributed by atoms with van der Waals surface area (Å²) in [5.41, 5.74) is -0.539. The number of rotatable bonds is 4. The first-order valence-corrected chi connectivity index (χ1v) is 8.37. The first-order chi connectivity index (χ1) is 10.7. The summed E-state index contributed by atoms with van der Waals surface area (Å²) in [6.45, 7) is 9.79. The highest BCUT2D eigenvalue weighted by Gasteiger charge is 2.35. The molecule has 1 atom stereocenters. The highest BCUT2D eigenvalue weighted by molar-refractivity contribution is 5.35. The Kier molecular flexibility index (Phi) is 4.90. The lowest BCUT2D eigenvalue weighted by Crippen LogP contribution is -2.57. The van der Waals surface area contributed by atoms with Crippen molar-refractivity contribution in [3.63, 3.8) is 0 Å². The van der Waals surface area contributed by atoms with Crippen molar-refractivity contribution in [1.29, 1.82) is 0 Å². The molecule has 1 aromatic rings. The number of β-amino-alcohol motifs (C(OH)–C–C–N with tert-alkyl or cyclic N) is 1. The number of aliphatic hydroxyl groups is 1. The molecule has 0 amide bonds. The molecule has 0 spiro atoms. The third-order valence-corrected chi connectivity index (χ3v) is 4.85. The van der Waals surface area contributed by atoms with Gasteiger partial charge in [-0.25, -0.2) is 4.98 Å². The molecule has 3 rings (SSSR count). The second kappa shape index (κ2) is 6.89. The Balaban J connectivity index is 1.51. The van der Waals surface area contributed by atoms with Crippen LogP contribution < -0.4 is 4.90 Å². The number of piperidine rings is 1. The number of hydrogen-bond donors (Lipinski definition) is 1. The fourth-order valence-electron chi connectivity index (χ4n) is 3.61. The summed E-state index contributed by atoms with van der Waals surface area (Å²) in [5.74, 6) is 0.954. The van der Waals surface area contributed by atoms with Crippen LogP contribution in [0.3, 0.4) is 0 Å². The first-order valence-electron chi connectivity index (χ1n) is 8.37. The average Bonchev–Trinajstić information content (AvgIpc) is 2.56. The number of hydrogen-bond acceptors (Lipinski definition) is 6. The molecule has 0 saturated carbocycles. The molecule has 2 fully saturated rings. The predicted molar refractivity (Wildman–Crippen MR) is 87.0 cm³/mol. The van der Waals surface area contributed by atoms with Crippen LogP contribution in [-0.2, 0) is 0 Å². The number of nitrogens with zero attached hydrogens (tertiary/aromatic N) is 5. The molecule has 2 aliphatic heterocycles. The third-order valence-electron chi connectivity index (χ3n) is 4.85. The number of anilines is 1. The predicted octanol–water partition coefficient (Wildman–Crippen LogP) is 0.445. The van der Waals surface area contributed by atoms with Gasteiger partial charge in [0.1, 0.15) is 5.82 Å². The second-order valence-corrected chi connectivity index (χ2v) is 6.52. The van der Waals surface area contributed by atoms with E-state index in [4.69, 9.17) is 0 Å². The molecule has 122 valence electrons. The molecule has 6 nitrogen and oxygen atoms in total. The number of piperazine rings is 1.